The fraction of sp³-hybridized carbons (Fsp3) is 0.714. The number of hydrogen-bond donors (Lipinski definition) is 2. The largest absolute Gasteiger partial charge is 0.347 e. The molecule has 0 radical (unpaired) electrons. The van der Waals surface area contributed by atoms with Crippen LogP contribution in [0.1, 0.15) is 38.4 Å². The van der Waals surface area contributed by atoms with Gasteiger partial charge in [-0.2, -0.15) is 4.98 Å². The van der Waals surface area contributed by atoms with Crippen molar-refractivity contribution in [3.05, 3.63) is 11.7 Å². The van der Waals surface area contributed by atoms with Crippen molar-refractivity contribution in [2.75, 3.05) is 13.1 Å². The van der Waals surface area contributed by atoms with E-state index in [0.717, 1.165) is 0 Å². The summed E-state index contributed by atoms with van der Waals surface area (Å²) in [5.41, 5.74) is 0. The Bertz CT molecular complexity index is 520. The van der Waals surface area contributed by atoms with E-state index in [2.05, 4.69) is 20.8 Å². The van der Waals surface area contributed by atoms with Crippen LogP contribution in [0, 0.1) is 12.8 Å². The normalized spacial score (nSPS) is 15.9. The van der Waals surface area contributed by atoms with Gasteiger partial charge in [0, 0.05) is 25.0 Å². The summed E-state index contributed by atoms with van der Waals surface area (Å²) in [7, 11) is 0. The first-order chi connectivity index (χ1) is 10.5. The van der Waals surface area contributed by atoms with Gasteiger partial charge in [-0.15, -0.1) is 0 Å². The number of carbonyl (C=O) groups excluding carboxylic acids is 2. The van der Waals surface area contributed by atoms with Crippen LogP contribution < -0.4 is 10.6 Å². The number of amides is 3. The molecule has 2 N–H and O–H groups in total. The van der Waals surface area contributed by atoms with Crippen LogP contribution in [-0.2, 0) is 11.3 Å². The predicted molar refractivity (Wildman–Crippen MR) is 78.8 cm³/mol. The number of likely N-dealkylation sites (tertiary alicyclic amines) is 1. The molecule has 8 nitrogen and oxygen atoms in total. The lowest BCUT2D eigenvalue weighted by molar-refractivity contribution is -0.126. The van der Waals surface area contributed by atoms with Crippen LogP contribution in [-0.4, -0.2) is 46.1 Å². The molecule has 0 aromatic carbocycles. The molecule has 2 rings (SSSR count). The Balaban J connectivity index is 1.74. The van der Waals surface area contributed by atoms with E-state index in [1.54, 1.807) is 11.8 Å². The number of nitrogens with zero attached hydrogens (tertiary/aromatic N) is 3. The molecule has 1 saturated heterocycles. The van der Waals surface area contributed by atoms with Gasteiger partial charge in [-0.1, -0.05) is 5.16 Å². The molecule has 22 heavy (non-hydrogen) atoms. The molecule has 2 heterocycles. The van der Waals surface area contributed by atoms with Crippen molar-refractivity contribution in [3.8, 4) is 0 Å². The molecule has 0 aliphatic carbocycles. The average Bonchev–Trinajstić information content (AvgIpc) is 2.90. The maximum atomic E-state index is 12.1. The molecule has 0 unspecified atom stereocenters. The smallest absolute Gasteiger partial charge is 0.317 e. The summed E-state index contributed by atoms with van der Waals surface area (Å²) in [4.78, 5) is 29.8. The van der Waals surface area contributed by atoms with Crippen molar-refractivity contribution in [1.82, 2.24) is 25.7 Å². The molecule has 0 bridgehead atoms. The first kappa shape index (κ1) is 16.3. The highest BCUT2D eigenvalue weighted by Gasteiger charge is 2.27. The maximum Gasteiger partial charge on any atom is 0.317 e. The quantitative estimate of drug-likeness (QED) is 0.858. The van der Waals surface area contributed by atoms with Gasteiger partial charge in [-0.3, -0.25) is 4.79 Å². The van der Waals surface area contributed by atoms with Gasteiger partial charge in [-0.25, -0.2) is 4.79 Å². The molecular formula is C14H23N5O3. The van der Waals surface area contributed by atoms with Gasteiger partial charge >= 0.3 is 6.03 Å². The minimum atomic E-state index is -0.0767. The van der Waals surface area contributed by atoms with Crippen LogP contribution in [0.4, 0.5) is 4.79 Å². The van der Waals surface area contributed by atoms with Crippen molar-refractivity contribution in [2.45, 2.75) is 46.2 Å². The number of piperidine rings is 1. The van der Waals surface area contributed by atoms with Gasteiger partial charge in [-0.05, 0) is 33.6 Å². The van der Waals surface area contributed by atoms with Crippen LogP contribution in [0.15, 0.2) is 4.52 Å². The fourth-order valence-corrected chi connectivity index (χ4v) is 2.40. The number of carbonyl (C=O) groups is 2. The van der Waals surface area contributed by atoms with Gasteiger partial charge in [0.25, 0.3) is 0 Å². The van der Waals surface area contributed by atoms with Gasteiger partial charge < -0.3 is 20.1 Å². The summed E-state index contributed by atoms with van der Waals surface area (Å²) < 4.78 is 4.95. The number of rotatable bonds is 4. The summed E-state index contributed by atoms with van der Waals surface area (Å²) in [5, 5.41) is 9.34. The van der Waals surface area contributed by atoms with E-state index in [-0.39, 0.29) is 30.4 Å². The summed E-state index contributed by atoms with van der Waals surface area (Å²) in [6, 6.07) is 0.0570. The average molecular weight is 309 g/mol. The van der Waals surface area contributed by atoms with E-state index in [4.69, 9.17) is 4.52 Å². The minimum absolute atomic E-state index is 0.0280. The molecule has 1 aliphatic heterocycles. The second kappa shape index (κ2) is 7.24. The number of nitrogens with one attached hydrogen (secondary N) is 2. The molecule has 8 heteroatoms. The first-order valence-electron chi connectivity index (χ1n) is 7.58. The van der Waals surface area contributed by atoms with E-state index in [0.29, 0.717) is 37.6 Å². The van der Waals surface area contributed by atoms with Gasteiger partial charge in [0.2, 0.25) is 11.8 Å². The molecule has 1 aromatic heterocycles. The number of aromatic nitrogens is 2. The zero-order valence-corrected chi connectivity index (χ0v) is 13.3. The molecular weight excluding hydrogens is 286 g/mol. The third-order valence-electron chi connectivity index (χ3n) is 3.55. The molecule has 0 saturated carbocycles. The molecule has 1 aliphatic rings. The Morgan fingerprint density at radius 1 is 1.36 bits per heavy atom. The predicted octanol–water partition coefficient (Wildman–Crippen LogP) is 0.824. The Labute approximate surface area is 129 Å². The summed E-state index contributed by atoms with van der Waals surface area (Å²) in [5.74, 6) is 0.847. The van der Waals surface area contributed by atoms with Crippen molar-refractivity contribution in [1.29, 1.82) is 0 Å². The summed E-state index contributed by atoms with van der Waals surface area (Å²) in [6.07, 6.45) is 1.33. The van der Waals surface area contributed by atoms with Crippen LogP contribution in [0.25, 0.3) is 0 Å². The molecule has 3 amide bonds. The van der Waals surface area contributed by atoms with Gasteiger partial charge in [0.15, 0.2) is 5.82 Å². The minimum Gasteiger partial charge on any atom is -0.347 e. The van der Waals surface area contributed by atoms with Crippen LogP contribution >= 0.6 is 0 Å². The highest BCUT2D eigenvalue weighted by atomic mass is 16.5. The molecule has 122 valence electrons. The van der Waals surface area contributed by atoms with Crippen molar-refractivity contribution >= 4 is 11.9 Å². The lowest BCUT2D eigenvalue weighted by atomic mass is 9.96. The number of hydrogen-bond acceptors (Lipinski definition) is 5. The Morgan fingerprint density at radius 2 is 2.05 bits per heavy atom. The Hall–Kier alpha value is -2.12. The second-order valence-electron chi connectivity index (χ2n) is 5.82. The van der Waals surface area contributed by atoms with E-state index < -0.39 is 0 Å². The van der Waals surface area contributed by atoms with Crippen molar-refractivity contribution < 1.29 is 14.1 Å². The molecule has 1 aromatic rings. The van der Waals surface area contributed by atoms with E-state index >= 15 is 0 Å². The standard InChI is InChI=1S/C14H23N5O3/c1-9(2)16-14(21)19-6-4-11(5-7-19)13(20)15-8-12-17-10(3)18-22-12/h9,11H,4-8H2,1-3H3,(H,15,20)(H,16,21). The molecule has 1 fully saturated rings. The van der Waals surface area contributed by atoms with E-state index in [1.165, 1.54) is 0 Å². The van der Waals surface area contributed by atoms with E-state index in [1.807, 2.05) is 13.8 Å². The second-order valence-corrected chi connectivity index (χ2v) is 5.82. The molecule has 0 spiro atoms. The van der Waals surface area contributed by atoms with Crippen molar-refractivity contribution in [2.24, 2.45) is 5.92 Å². The highest BCUT2D eigenvalue weighted by Crippen LogP contribution is 2.17. The monoisotopic (exact) mass is 309 g/mol. The third-order valence-corrected chi connectivity index (χ3v) is 3.55. The number of aryl methyl sites for hydroxylation is 1. The maximum absolute atomic E-state index is 12.1. The lowest BCUT2D eigenvalue weighted by Gasteiger charge is -2.31. The Kier molecular flexibility index (Phi) is 5.35. The van der Waals surface area contributed by atoms with Crippen LogP contribution in [0.3, 0.4) is 0 Å². The highest BCUT2D eigenvalue weighted by molar-refractivity contribution is 5.79. The summed E-state index contributed by atoms with van der Waals surface area (Å²) >= 11 is 0. The van der Waals surface area contributed by atoms with Crippen LogP contribution in [0.5, 0.6) is 0 Å². The van der Waals surface area contributed by atoms with Crippen molar-refractivity contribution in [3.63, 3.8) is 0 Å². The number of urea groups is 1. The first-order valence-corrected chi connectivity index (χ1v) is 7.58. The zero-order chi connectivity index (χ0) is 16.1. The van der Waals surface area contributed by atoms with Gasteiger partial charge in [0.1, 0.15) is 0 Å². The van der Waals surface area contributed by atoms with Gasteiger partial charge in [0.05, 0.1) is 6.54 Å². The fourth-order valence-electron chi connectivity index (χ4n) is 2.40. The Morgan fingerprint density at radius 3 is 2.59 bits per heavy atom. The molecule has 0 atom stereocenters. The topological polar surface area (TPSA) is 100 Å². The van der Waals surface area contributed by atoms with E-state index in [9.17, 15) is 9.59 Å². The third kappa shape index (κ3) is 4.44. The zero-order valence-electron chi connectivity index (χ0n) is 13.3. The lowest BCUT2D eigenvalue weighted by Crippen LogP contribution is -2.48. The van der Waals surface area contributed by atoms with Crippen LogP contribution in [0.2, 0.25) is 0 Å². The SMILES string of the molecule is Cc1noc(CNC(=O)C2CCN(C(=O)NC(C)C)CC2)n1. The summed E-state index contributed by atoms with van der Waals surface area (Å²) in [6.45, 7) is 7.02.